The summed E-state index contributed by atoms with van der Waals surface area (Å²) in [5.74, 6) is 0.898. The van der Waals surface area contributed by atoms with Crippen LogP contribution in [0.4, 0.5) is 5.82 Å². The lowest BCUT2D eigenvalue weighted by Crippen LogP contribution is -2.22. The molecule has 1 aromatic carbocycles. The van der Waals surface area contributed by atoms with Crippen molar-refractivity contribution in [3.8, 4) is 0 Å². The van der Waals surface area contributed by atoms with Gasteiger partial charge in [-0.2, -0.15) is 0 Å². The summed E-state index contributed by atoms with van der Waals surface area (Å²) in [4.78, 5) is 6.82. The fourth-order valence-electron chi connectivity index (χ4n) is 2.10. The summed E-state index contributed by atoms with van der Waals surface area (Å²) in [6.45, 7) is 2.99. The van der Waals surface area contributed by atoms with E-state index in [2.05, 4.69) is 41.3 Å². The van der Waals surface area contributed by atoms with Gasteiger partial charge < -0.3 is 5.32 Å². The van der Waals surface area contributed by atoms with Crippen LogP contribution in [0.15, 0.2) is 42.5 Å². The number of halogens is 1. The van der Waals surface area contributed by atoms with Gasteiger partial charge in [0.15, 0.2) is 0 Å². The summed E-state index contributed by atoms with van der Waals surface area (Å²) in [6.07, 6.45) is 0. The van der Waals surface area contributed by atoms with E-state index in [-0.39, 0.29) is 0 Å². The quantitative estimate of drug-likeness (QED) is 0.903. The fourth-order valence-corrected chi connectivity index (χ4v) is 2.22. The summed E-state index contributed by atoms with van der Waals surface area (Å²) >= 11 is 5.93. The first-order valence-corrected chi connectivity index (χ1v) is 7.07. The zero-order valence-electron chi connectivity index (χ0n) is 12.1. The van der Waals surface area contributed by atoms with E-state index in [1.165, 1.54) is 5.56 Å². The number of hydrogen-bond acceptors (Lipinski definition) is 3. The van der Waals surface area contributed by atoms with Crippen molar-refractivity contribution in [1.29, 1.82) is 0 Å². The van der Waals surface area contributed by atoms with Crippen molar-refractivity contribution in [3.63, 3.8) is 0 Å². The van der Waals surface area contributed by atoms with Crippen LogP contribution in [0, 0.1) is 0 Å². The molecule has 0 bridgehead atoms. The smallest absolute Gasteiger partial charge is 0.126 e. The molecule has 0 amide bonds. The van der Waals surface area contributed by atoms with Gasteiger partial charge in [0.2, 0.25) is 0 Å². The van der Waals surface area contributed by atoms with Crippen molar-refractivity contribution in [1.82, 2.24) is 9.88 Å². The maximum absolute atomic E-state index is 5.93. The molecular weight excluding hydrogens is 270 g/mol. The van der Waals surface area contributed by atoms with Crippen LogP contribution in [0.1, 0.15) is 24.2 Å². The number of pyridine rings is 1. The van der Waals surface area contributed by atoms with Crippen LogP contribution >= 0.6 is 11.6 Å². The van der Waals surface area contributed by atoms with Crippen LogP contribution in [0.25, 0.3) is 0 Å². The third-order valence-electron chi connectivity index (χ3n) is 3.49. The molecule has 0 spiro atoms. The van der Waals surface area contributed by atoms with Gasteiger partial charge in [-0.3, -0.25) is 4.90 Å². The molecule has 0 saturated heterocycles. The molecule has 0 saturated carbocycles. The molecule has 3 nitrogen and oxygen atoms in total. The minimum atomic E-state index is 0.312. The summed E-state index contributed by atoms with van der Waals surface area (Å²) in [5, 5.41) is 3.83. The first-order valence-electron chi connectivity index (χ1n) is 6.69. The summed E-state index contributed by atoms with van der Waals surface area (Å²) in [5.41, 5.74) is 2.31. The maximum atomic E-state index is 5.93. The Balaban J connectivity index is 2.06. The van der Waals surface area contributed by atoms with Gasteiger partial charge in [-0.05, 0) is 43.8 Å². The lowest BCUT2D eigenvalue weighted by Gasteiger charge is -2.25. The zero-order valence-corrected chi connectivity index (χ0v) is 12.9. The van der Waals surface area contributed by atoms with E-state index in [0.29, 0.717) is 6.04 Å². The molecule has 4 heteroatoms. The zero-order chi connectivity index (χ0) is 14.5. The minimum absolute atomic E-state index is 0.312. The number of nitrogens with one attached hydrogen (secondary N) is 1. The molecule has 0 radical (unpaired) electrons. The highest BCUT2D eigenvalue weighted by Crippen LogP contribution is 2.22. The number of nitrogens with zero attached hydrogens (tertiary/aromatic N) is 2. The number of hydrogen-bond donors (Lipinski definition) is 1. The van der Waals surface area contributed by atoms with E-state index < -0.39 is 0 Å². The van der Waals surface area contributed by atoms with Gasteiger partial charge in [-0.1, -0.05) is 29.8 Å². The van der Waals surface area contributed by atoms with E-state index in [4.69, 9.17) is 11.6 Å². The maximum Gasteiger partial charge on any atom is 0.126 e. The van der Waals surface area contributed by atoms with Crippen LogP contribution in [0.3, 0.4) is 0 Å². The molecule has 0 aliphatic rings. The van der Waals surface area contributed by atoms with Crippen LogP contribution < -0.4 is 5.32 Å². The second-order valence-corrected chi connectivity index (χ2v) is 5.34. The Morgan fingerprint density at radius 1 is 1.20 bits per heavy atom. The van der Waals surface area contributed by atoms with E-state index in [1.807, 2.05) is 37.4 Å². The first kappa shape index (κ1) is 14.8. The Hall–Kier alpha value is -1.58. The second-order valence-electron chi connectivity index (χ2n) is 4.91. The number of benzene rings is 1. The Labute approximate surface area is 125 Å². The molecule has 1 heterocycles. The van der Waals surface area contributed by atoms with Crippen LogP contribution in [-0.2, 0) is 6.54 Å². The minimum Gasteiger partial charge on any atom is -0.373 e. The van der Waals surface area contributed by atoms with Gasteiger partial charge in [0.25, 0.3) is 0 Å². The first-order chi connectivity index (χ1) is 9.60. The molecule has 0 aliphatic carbocycles. The molecule has 20 heavy (non-hydrogen) atoms. The van der Waals surface area contributed by atoms with Crippen LogP contribution in [0.5, 0.6) is 0 Å². The number of anilines is 1. The molecule has 1 N–H and O–H groups in total. The van der Waals surface area contributed by atoms with Crippen molar-refractivity contribution in [2.24, 2.45) is 0 Å². The second kappa shape index (κ2) is 6.73. The summed E-state index contributed by atoms with van der Waals surface area (Å²) in [6, 6.07) is 14.4. The van der Waals surface area contributed by atoms with Crippen molar-refractivity contribution >= 4 is 17.4 Å². The molecule has 0 fully saturated rings. The molecular formula is C16H20ClN3. The van der Waals surface area contributed by atoms with Crippen molar-refractivity contribution in [2.75, 3.05) is 19.4 Å². The van der Waals surface area contributed by atoms with E-state index in [0.717, 1.165) is 23.1 Å². The summed E-state index contributed by atoms with van der Waals surface area (Å²) in [7, 11) is 3.99. The van der Waals surface area contributed by atoms with Gasteiger partial charge in [-0.25, -0.2) is 4.98 Å². The Kier molecular flexibility index (Phi) is 4.99. The molecule has 1 atom stereocenters. The molecule has 1 unspecified atom stereocenters. The fraction of sp³-hybridized carbons (Fsp3) is 0.312. The van der Waals surface area contributed by atoms with Gasteiger partial charge >= 0.3 is 0 Å². The van der Waals surface area contributed by atoms with E-state index in [9.17, 15) is 0 Å². The summed E-state index contributed by atoms with van der Waals surface area (Å²) < 4.78 is 0. The molecule has 0 aliphatic heterocycles. The highest BCUT2D eigenvalue weighted by molar-refractivity contribution is 6.30. The highest BCUT2D eigenvalue weighted by atomic mass is 35.5. The average Bonchev–Trinajstić information content (AvgIpc) is 2.47. The number of rotatable bonds is 5. The van der Waals surface area contributed by atoms with Crippen LogP contribution in [0.2, 0.25) is 5.02 Å². The third-order valence-corrected chi connectivity index (χ3v) is 3.74. The average molecular weight is 290 g/mol. The van der Waals surface area contributed by atoms with Crippen LogP contribution in [-0.4, -0.2) is 24.0 Å². The molecule has 1 aromatic heterocycles. The lowest BCUT2D eigenvalue weighted by molar-refractivity contribution is 0.250. The van der Waals surface area contributed by atoms with E-state index >= 15 is 0 Å². The normalized spacial score (nSPS) is 12.4. The van der Waals surface area contributed by atoms with Gasteiger partial charge in [0.05, 0.1) is 5.69 Å². The van der Waals surface area contributed by atoms with Gasteiger partial charge in [0.1, 0.15) is 5.82 Å². The molecule has 106 valence electrons. The highest BCUT2D eigenvalue weighted by Gasteiger charge is 2.12. The standard InChI is InChI=1S/C16H20ClN3/c1-12(13-7-9-14(17)10-8-13)20(3)11-15-5-4-6-16(18-2)19-15/h4-10,12H,11H2,1-3H3,(H,18,19). The predicted molar refractivity (Wildman–Crippen MR) is 85.1 cm³/mol. The Morgan fingerprint density at radius 2 is 1.90 bits per heavy atom. The largest absolute Gasteiger partial charge is 0.373 e. The predicted octanol–water partition coefficient (Wildman–Crippen LogP) is 3.97. The van der Waals surface area contributed by atoms with E-state index in [1.54, 1.807) is 0 Å². The molecule has 2 rings (SSSR count). The molecule has 2 aromatic rings. The lowest BCUT2D eigenvalue weighted by atomic mass is 10.1. The topological polar surface area (TPSA) is 28.2 Å². The number of aromatic nitrogens is 1. The Morgan fingerprint density at radius 3 is 2.55 bits per heavy atom. The van der Waals surface area contributed by atoms with Gasteiger partial charge in [-0.15, -0.1) is 0 Å². The van der Waals surface area contributed by atoms with Gasteiger partial charge in [0, 0.05) is 24.7 Å². The monoisotopic (exact) mass is 289 g/mol. The SMILES string of the molecule is CNc1cccc(CN(C)C(C)c2ccc(Cl)cc2)n1. The van der Waals surface area contributed by atoms with Crippen molar-refractivity contribution < 1.29 is 0 Å². The third kappa shape index (κ3) is 3.71. The van der Waals surface area contributed by atoms with Crippen molar-refractivity contribution in [3.05, 3.63) is 58.7 Å². The van der Waals surface area contributed by atoms with Crippen molar-refractivity contribution in [2.45, 2.75) is 19.5 Å². The Bertz CT molecular complexity index is 554.